The second-order valence-corrected chi connectivity index (χ2v) is 4.20. The number of nitrogens with zero attached hydrogens (tertiary/aromatic N) is 1. The quantitative estimate of drug-likeness (QED) is 0.345. The highest BCUT2D eigenvalue weighted by Gasteiger charge is 2.35. The molecule has 1 aromatic carbocycles. The van der Waals surface area contributed by atoms with E-state index in [9.17, 15) is 13.2 Å². The third-order valence-corrected chi connectivity index (χ3v) is 2.83. The SMILES string of the molecule is CCC(Nc1c(Cl)cccc1C(F)(F)F)C(N)=NO. The fraction of sp³-hybridized carbons (Fsp3) is 0.364. The van der Waals surface area contributed by atoms with Crippen LogP contribution in [0.15, 0.2) is 23.4 Å². The third kappa shape index (κ3) is 3.66. The number of amidine groups is 1. The third-order valence-electron chi connectivity index (χ3n) is 2.52. The van der Waals surface area contributed by atoms with Crippen LogP contribution in [0.3, 0.4) is 0 Å². The van der Waals surface area contributed by atoms with Crippen molar-refractivity contribution in [2.75, 3.05) is 5.32 Å². The summed E-state index contributed by atoms with van der Waals surface area (Å²) in [6, 6.07) is 2.71. The lowest BCUT2D eigenvalue weighted by Crippen LogP contribution is -2.35. The number of nitrogens with one attached hydrogen (secondary N) is 1. The molecule has 4 N–H and O–H groups in total. The Morgan fingerprint density at radius 3 is 2.63 bits per heavy atom. The van der Waals surface area contributed by atoms with Gasteiger partial charge in [0.05, 0.1) is 22.3 Å². The minimum atomic E-state index is -4.54. The minimum absolute atomic E-state index is 0.0842. The van der Waals surface area contributed by atoms with Crippen molar-refractivity contribution in [1.82, 2.24) is 0 Å². The summed E-state index contributed by atoms with van der Waals surface area (Å²) < 4.78 is 38.6. The van der Waals surface area contributed by atoms with Crippen molar-refractivity contribution in [2.24, 2.45) is 10.9 Å². The molecular formula is C11H13ClF3N3O. The topological polar surface area (TPSA) is 70.6 Å². The van der Waals surface area contributed by atoms with Gasteiger partial charge in [-0.05, 0) is 18.6 Å². The Bertz CT molecular complexity index is 477. The van der Waals surface area contributed by atoms with E-state index >= 15 is 0 Å². The molecule has 1 aromatic rings. The first-order valence-corrected chi connectivity index (χ1v) is 5.78. The lowest BCUT2D eigenvalue weighted by atomic mass is 10.1. The van der Waals surface area contributed by atoms with Gasteiger partial charge < -0.3 is 16.3 Å². The number of benzene rings is 1. The summed E-state index contributed by atoms with van der Waals surface area (Å²) in [4.78, 5) is 0. The van der Waals surface area contributed by atoms with E-state index in [1.165, 1.54) is 12.1 Å². The minimum Gasteiger partial charge on any atom is -0.409 e. The number of alkyl halides is 3. The number of oxime groups is 1. The molecule has 106 valence electrons. The van der Waals surface area contributed by atoms with E-state index in [-0.39, 0.29) is 16.5 Å². The Kier molecular flexibility index (Phi) is 4.88. The van der Waals surface area contributed by atoms with Crippen LogP contribution < -0.4 is 11.1 Å². The number of halogens is 4. The van der Waals surface area contributed by atoms with Crippen LogP contribution in [0, 0.1) is 0 Å². The van der Waals surface area contributed by atoms with Gasteiger partial charge in [0, 0.05) is 0 Å². The van der Waals surface area contributed by atoms with Crippen molar-refractivity contribution in [2.45, 2.75) is 25.6 Å². The van der Waals surface area contributed by atoms with E-state index in [4.69, 9.17) is 22.5 Å². The summed E-state index contributed by atoms with van der Waals surface area (Å²) in [6.07, 6.45) is -4.21. The Hall–Kier alpha value is -1.63. The Morgan fingerprint density at radius 2 is 2.16 bits per heavy atom. The summed E-state index contributed by atoms with van der Waals surface area (Å²) in [7, 11) is 0. The number of hydrogen-bond donors (Lipinski definition) is 3. The van der Waals surface area contributed by atoms with Crippen LogP contribution in [0.4, 0.5) is 18.9 Å². The zero-order valence-corrected chi connectivity index (χ0v) is 10.8. The van der Waals surface area contributed by atoms with Gasteiger partial charge in [-0.3, -0.25) is 0 Å². The maximum absolute atomic E-state index is 12.9. The molecule has 0 aliphatic heterocycles. The lowest BCUT2D eigenvalue weighted by Gasteiger charge is -2.21. The monoisotopic (exact) mass is 295 g/mol. The van der Waals surface area contributed by atoms with Gasteiger partial charge in [-0.15, -0.1) is 0 Å². The predicted molar refractivity (Wildman–Crippen MR) is 67.6 cm³/mol. The van der Waals surface area contributed by atoms with Gasteiger partial charge in [-0.2, -0.15) is 13.2 Å². The van der Waals surface area contributed by atoms with Gasteiger partial charge in [0.25, 0.3) is 0 Å². The van der Waals surface area contributed by atoms with E-state index in [0.717, 1.165) is 6.07 Å². The fourth-order valence-corrected chi connectivity index (χ4v) is 1.77. The highest BCUT2D eigenvalue weighted by Crippen LogP contribution is 2.38. The van der Waals surface area contributed by atoms with Crippen molar-refractivity contribution in [3.05, 3.63) is 28.8 Å². The summed E-state index contributed by atoms with van der Waals surface area (Å²) >= 11 is 5.78. The van der Waals surface area contributed by atoms with Gasteiger partial charge in [0.2, 0.25) is 0 Å². The molecule has 0 bridgehead atoms. The van der Waals surface area contributed by atoms with Gasteiger partial charge >= 0.3 is 6.18 Å². The second kappa shape index (κ2) is 6.01. The zero-order chi connectivity index (χ0) is 14.6. The normalized spacial score (nSPS) is 14.3. The smallest absolute Gasteiger partial charge is 0.409 e. The maximum atomic E-state index is 12.9. The van der Waals surface area contributed by atoms with E-state index < -0.39 is 17.8 Å². The Labute approximate surface area is 113 Å². The molecule has 1 unspecified atom stereocenters. The van der Waals surface area contributed by atoms with Crippen LogP contribution in [-0.2, 0) is 6.18 Å². The molecule has 0 spiro atoms. The number of anilines is 1. The standard InChI is InChI=1S/C11H13ClF3N3O/c1-2-8(10(16)18-19)17-9-6(11(13,14)15)4-3-5-7(9)12/h3-5,8,17,19H,2H2,1H3,(H2,16,18). The molecule has 1 atom stereocenters. The van der Waals surface area contributed by atoms with Gasteiger partial charge in [0.1, 0.15) is 0 Å². The van der Waals surface area contributed by atoms with E-state index in [0.29, 0.717) is 6.42 Å². The van der Waals surface area contributed by atoms with Crippen molar-refractivity contribution in [3.63, 3.8) is 0 Å². The maximum Gasteiger partial charge on any atom is 0.418 e. The molecule has 8 heteroatoms. The second-order valence-electron chi connectivity index (χ2n) is 3.79. The van der Waals surface area contributed by atoms with Crippen molar-refractivity contribution < 1.29 is 18.4 Å². The first-order chi connectivity index (χ1) is 8.81. The van der Waals surface area contributed by atoms with Crippen LogP contribution >= 0.6 is 11.6 Å². The number of nitrogens with two attached hydrogens (primary N) is 1. The molecule has 0 amide bonds. The molecule has 0 aliphatic rings. The van der Waals surface area contributed by atoms with Crippen LogP contribution in [0.2, 0.25) is 5.02 Å². The fourth-order valence-electron chi connectivity index (χ4n) is 1.54. The van der Waals surface area contributed by atoms with Crippen LogP contribution in [0.5, 0.6) is 0 Å². The van der Waals surface area contributed by atoms with E-state index in [1.807, 2.05) is 0 Å². The predicted octanol–water partition coefficient (Wildman–Crippen LogP) is 3.30. The van der Waals surface area contributed by atoms with E-state index in [1.54, 1.807) is 6.92 Å². The van der Waals surface area contributed by atoms with Gasteiger partial charge in [0.15, 0.2) is 5.84 Å². The molecule has 0 aromatic heterocycles. The van der Waals surface area contributed by atoms with Gasteiger partial charge in [-0.25, -0.2) is 0 Å². The molecule has 0 fully saturated rings. The average Bonchev–Trinajstić information content (AvgIpc) is 2.35. The summed E-state index contributed by atoms with van der Waals surface area (Å²) in [6.45, 7) is 1.68. The van der Waals surface area contributed by atoms with Crippen LogP contribution in [-0.4, -0.2) is 17.1 Å². The average molecular weight is 296 g/mol. The largest absolute Gasteiger partial charge is 0.418 e. The van der Waals surface area contributed by atoms with Crippen LogP contribution in [0.1, 0.15) is 18.9 Å². The van der Waals surface area contributed by atoms with Crippen molar-refractivity contribution >= 4 is 23.1 Å². The first kappa shape index (κ1) is 15.4. The first-order valence-electron chi connectivity index (χ1n) is 5.40. The molecule has 0 aliphatic carbocycles. The molecular weight excluding hydrogens is 283 g/mol. The molecule has 0 radical (unpaired) electrons. The molecule has 0 heterocycles. The Morgan fingerprint density at radius 1 is 1.53 bits per heavy atom. The highest BCUT2D eigenvalue weighted by molar-refractivity contribution is 6.33. The molecule has 0 saturated heterocycles. The number of rotatable bonds is 4. The number of para-hydroxylation sites is 1. The lowest BCUT2D eigenvalue weighted by molar-refractivity contribution is -0.136. The highest BCUT2D eigenvalue weighted by atomic mass is 35.5. The molecule has 0 saturated carbocycles. The molecule has 19 heavy (non-hydrogen) atoms. The van der Waals surface area contributed by atoms with E-state index in [2.05, 4.69) is 10.5 Å². The van der Waals surface area contributed by atoms with Crippen LogP contribution in [0.25, 0.3) is 0 Å². The zero-order valence-electron chi connectivity index (χ0n) is 10.0. The molecule has 4 nitrogen and oxygen atoms in total. The summed E-state index contributed by atoms with van der Waals surface area (Å²) in [5, 5.41) is 13.8. The summed E-state index contributed by atoms with van der Waals surface area (Å²) in [5.74, 6) is -0.212. The Balaban J connectivity index is 3.19. The summed E-state index contributed by atoms with van der Waals surface area (Å²) in [5.41, 5.74) is 4.22. The number of hydrogen-bond acceptors (Lipinski definition) is 3. The van der Waals surface area contributed by atoms with Crippen molar-refractivity contribution in [3.8, 4) is 0 Å². The molecule has 1 rings (SSSR count). The van der Waals surface area contributed by atoms with Gasteiger partial charge in [-0.1, -0.05) is 29.7 Å². The van der Waals surface area contributed by atoms with Crippen molar-refractivity contribution in [1.29, 1.82) is 0 Å².